The molecule has 3 N–H and O–H groups in total. The first-order valence-electron chi connectivity index (χ1n) is 7.83. The van der Waals surface area contributed by atoms with Gasteiger partial charge in [0, 0.05) is 12.1 Å². The predicted molar refractivity (Wildman–Crippen MR) is 93.6 cm³/mol. The Morgan fingerprint density at radius 3 is 2.07 bits per heavy atom. The number of carbonyl (C=O) groups excluding carboxylic acids is 2. The largest absolute Gasteiger partial charge is 0.384 e. The van der Waals surface area contributed by atoms with Crippen LogP contribution in [-0.4, -0.2) is 16.4 Å². The van der Waals surface area contributed by atoms with E-state index in [-0.39, 0.29) is 16.9 Å². The average molecular weight is 367 g/mol. The van der Waals surface area contributed by atoms with Crippen molar-refractivity contribution in [3.63, 3.8) is 0 Å². The molecule has 0 radical (unpaired) electrons. The second kappa shape index (κ2) is 5.87. The van der Waals surface area contributed by atoms with E-state index in [4.69, 9.17) is 5.73 Å². The number of aromatic nitrogens is 1. The van der Waals surface area contributed by atoms with Gasteiger partial charge in [-0.25, -0.2) is 8.78 Å². The van der Waals surface area contributed by atoms with Crippen LogP contribution in [0.4, 0.5) is 14.6 Å². The molecule has 6 nitrogen and oxygen atoms in total. The van der Waals surface area contributed by atoms with Crippen molar-refractivity contribution in [2.24, 2.45) is 0 Å². The lowest BCUT2D eigenvalue weighted by atomic mass is 10.0. The fraction of sp³-hybridized carbons (Fsp3) is 0. The zero-order valence-electron chi connectivity index (χ0n) is 13.6. The maximum atomic E-state index is 13.4. The van der Waals surface area contributed by atoms with Crippen LogP contribution in [0.2, 0.25) is 0 Å². The van der Waals surface area contributed by atoms with Gasteiger partial charge in [0.2, 0.25) is 0 Å². The average Bonchev–Trinajstić information content (AvgIpc) is 2.88. The van der Waals surface area contributed by atoms with E-state index in [1.165, 1.54) is 24.3 Å². The Hall–Kier alpha value is -3.81. The lowest BCUT2D eigenvalue weighted by Crippen LogP contribution is -2.24. The number of hydrogen-bond donors (Lipinski definition) is 2. The minimum Gasteiger partial charge on any atom is -0.384 e. The zero-order chi connectivity index (χ0) is 19.3. The van der Waals surface area contributed by atoms with Crippen LogP contribution in [-0.2, 0) is 0 Å². The van der Waals surface area contributed by atoms with Gasteiger partial charge in [-0.15, -0.1) is 0 Å². The molecule has 0 aliphatic carbocycles. The van der Waals surface area contributed by atoms with E-state index in [9.17, 15) is 23.2 Å². The molecule has 134 valence electrons. The highest BCUT2D eigenvalue weighted by Crippen LogP contribution is 2.26. The molecule has 0 saturated heterocycles. The van der Waals surface area contributed by atoms with Crippen molar-refractivity contribution in [3.8, 4) is 16.8 Å². The molecule has 0 saturated carbocycles. The van der Waals surface area contributed by atoms with Gasteiger partial charge in [-0.2, -0.15) is 0 Å². The van der Waals surface area contributed by atoms with E-state index >= 15 is 0 Å². The van der Waals surface area contributed by atoms with Crippen molar-refractivity contribution in [2.45, 2.75) is 0 Å². The summed E-state index contributed by atoms with van der Waals surface area (Å²) in [7, 11) is 0. The molecule has 2 aromatic carbocycles. The lowest BCUT2D eigenvalue weighted by Gasteiger charge is -2.12. The number of carbonyl (C=O) groups is 2. The van der Waals surface area contributed by atoms with Crippen molar-refractivity contribution < 1.29 is 18.4 Å². The molecule has 27 heavy (non-hydrogen) atoms. The molecule has 2 amide bonds. The minimum absolute atomic E-state index is 0.0594. The number of hydrogen-bond acceptors (Lipinski definition) is 4. The molecule has 0 atom stereocenters. The Balaban J connectivity index is 1.82. The highest BCUT2D eigenvalue weighted by atomic mass is 19.1. The van der Waals surface area contributed by atoms with Gasteiger partial charge < -0.3 is 5.73 Å². The Morgan fingerprint density at radius 1 is 0.815 bits per heavy atom. The van der Waals surface area contributed by atoms with Gasteiger partial charge >= 0.3 is 0 Å². The summed E-state index contributed by atoms with van der Waals surface area (Å²) in [5.41, 5.74) is 6.45. The number of imide groups is 1. The predicted octanol–water partition coefficient (Wildman–Crippen LogP) is 2.25. The number of nitrogens with one attached hydrogen (secondary N) is 1. The molecular formula is C19H11F2N3O3. The highest BCUT2D eigenvalue weighted by Gasteiger charge is 2.31. The molecule has 0 fully saturated rings. The van der Waals surface area contributed by atoms with Crippen molar-refractivity contribution in [1.82, 2.24) is 9.88 Å². The van der Waals surface area contributed by atoms with E-state index in [2.05, 4.69) is 5.32 Å². The summed E-state index contributed by atoms with van der Waals surface area (Å²) >= 11 is 0. The van der Waals surface area contributed by atoms with Gasteiger partial charge in [0.15, 0.2) is 0 Å². The molecule has 4 rings (SSSR count). The summed E-state index contributed by atoms with van der Waals surface area (Å²) in [5.74, 6) is -2.92. The highest BCUT2D eigenvalue weighted by molar-refractivity contribution is 6.23. The maximum Gasteiger partial charge on any atom is 0.262 e. The van der Waals surface area contributed by atoms with Gasteiger partial charge in [0.1, 0.15) is 17.5 Å². The second-order valence-corrected chi connectivity index (χ2v) is 5.98. The van der Waals surface area contributed by atoms with Crippen molar-refractivity contribution >= 4 is 17.6 Å². The minimum atomic E-state index is -0.705. The van der Waals surface area contributed by atoms with Crippen LogP contribution in [0.5, 0.6) is 0 Å². The molecule has 1 aliphatic rings. The van der Waals surface area contributed by atoms with Crippen LogP contribution >= 0.6 is 0 Å². The number of fused-ring (bicyclic) bond motifs is 1. The maximum absolute atomic E-state index is 13.4. The SMILES string of the molecule is Nc1c2c(cc(=O)n1-c1ccc(-c3cc(F)cc(F)c3)cc1)C(=O)NC2=O. The third-order valence-electron chi connectivity index (χ3n) is 4.27. The van der Waals surface area contributed by atoms with Gasteiger partial charge in [0.25, 0.3) is 17.4 Å². The van der Waals surface area contributed by atoms with Crippen molar-refractivity contribution in [3.05, 3.63) is 81.6 Å². The Morgan fingerprint density at radius 2 is 1.44 bits per heavy atom. The van der Waals surface area contributed by atoms with Crippen LogP contribution in [0.3, 0.4) is 0 Å². The number of amides is 2. The first kappa shape index (κ1) is 16.6. The molecule has 0 bridgehead atoms. The van der Waals surface area contributed by atoms with Gasteiger partial charge in [-0.05, 0) is 35.4 Å². The molecule has 8 heteroatoms. The quantitative estimate of drug-likeness (QED) is 0.680. The number of nitrogen functional groups attached to an aromatic ring is 1. The van der Waals surface area contributed by atoms with Crippen LogP contribution in [0.25, 0.3) is 16.8 Å². The Bertz CT molecular complexity index is 1160. The summed E-state index contributed by atoms with van der Waals surface area (Å²) < 4.78 is 27.9. The summed E-state index contributed by atoms with van der Waals surface area (Å²) in [6.45, 7) is 0. The number of nitrogens with zero attached hydrogens (tertiary/aromatic N) is 1. The van der Waals surface area contributed by atoms with Gasteiger partial charge in [-0.1, -0.05) is 12.1 Å². The third kappa shape index (κ3) is 2.67. The van der Waals surface area contributed by atoms with Crippen molar-refractivity contribution in [2.75, 3.05) is 5.73 Å². The number of pyridine rings is 1. The molecule has 0 spiro atoms. The van der Waals surface area contributed by atoms with Gasteiger partial charge in [-0.3, -0.25) is 24.3 Å². The summed E-state index contributed by atoms with van der Waals surface area (Å²) in [5, 5.41) is 2.09. The molecule has 2 heterocycles. The van der Waals surface area contributed by atoms with Gasteiger partial charge in [0.05, 0.1) is 16.8 Å². The fourth-order valence-electron chi connectivity index (χ4n) is 3.07. The summed E-state index contributed by atoms with van der Waals surface area (Å²) in [6.07, 6.45) is 0. The number of benzene rings is 2. The normalized spacial score (nSPS) is 12.8. The molecule has 3 aromatic rings. The van der Waals surface area contributed by atoms with E-state index in [1.54, 1.807) is 12.1 Å². The second-order valence-electron chi connectivity index (χ2n) is 5.98. The zero-order valence-corrected chi connectivity index (χ0v) is 13.6. The Kier molecular flexibility index (Phi) is 3.62. The van der Waals surface area contributed by atoms with E-state index in [0.717, 1.165) is 16.7 Å². The molecule has 0 unspecified atom stereocenters. The topological polar surface area (TPSA) is 94.2 Å². The van der Waals surface area contributed by atoms with Crippen LogP contribution < -0.4 is 16.6 Å². The first-order valence-corrected chi connectivity index (χ1v) is 7.83. The smallest absolute Gasteiger partial charge is 0.262 e. The van der Waals surface area contributed by atoms with E-state index in [0.29, 0.717) is 16.8 Å². The van der Waals surface area contributed by atoms with E-state index < -0.39 is 29.0 Å². The molecule has 1 aromatic heterocycles. The first-order chi connectivity index (χ1) is 12.8. The van der Waals surface area contributed by atoms with Crippen molar-refractivity contribution in [1.29, 1.82) is 0 Å². The third-order valence-corrected chi connectivity index (χ3v) is 4.27. The van der Waals surface area contributed by atoms with Crippen LogP contribution in [0.15, 0.2) is 53.3 Å². The monoisotopic (exact) mass is 367 g/mol. The number of halogens is 2. The van der Waals surface area contributed by atoms with Crippen LogP contribution in [0, 0.1) is 11.6 Å². The summed E-state index contributed by atoms with van der Waals surface area (Å²) in [6, 6.07) is 10.4. The van der Waals surface area contributed by atoms with E-state index in [1.807, 2.05) is 0 Å². The number of nitrogens with two attached hydrogens (primary N) is 1. The van der Waals surface area contributed by atoms with Crippen LogP contribution in [0.1, 0.15) is 20.7 Å². The molecule has 1 aliphatic heterocycles. The summed E-state index contributed by atoms with van der Waals surface area (Å²) in [4.78, 5) is 36.0. The lowest BCUT2D eigenvalue weighted by molar-refractivity contribution is 0.0880. The standard InChI is InChI=1S/C19H11F2N3O3/c20-11-5-10(6-12(21)7-11)9-1-3-13(4-2-9)24-15(25)8-14-16(17(24)22)19(27)23-18(14)26/h1-8H,22H2,(H,23,26,27). The molecular weight excluding hydrogens is 356 g/mol. The Labute approximate surface area is 150 Å². The number of anilines is 1. The fourth-order valence-corrected chi connectivity index (χ4v) is 3.07. The number of rotatable bonds is 2.